The summed E-state index contributed by atoms with van der Waals surface area (Å²) in [7, 11) is 0. The van der Waals surface area contributed by atoms with Crippen LogP contribution in [0.4, 0.5) is 4.79 Å². The molecule has 0 saturated carbocycles. The number of carbonyl (C=O) groups excluding carboxylic acids is 1. The Kier molecular flexibility index (Phi) is 7.70. The van der Waals surface area contributed by atoms with Crippen LogP contribution in [0.25, 0.3) is 0 Å². The Morgan fingerprint density at radius 3 is 2.50 bits per heavy atom. The number of hydrogen-bond acceptors (Lipinski definition) is 4. The molecule has 1 heterocycles. The van der Waals surface area contributed by atoms with Crippen molar-refractivity contribution in [3.8, 4) is 0 Å². The SMILES string of the molecule is Cl.Cl.NNC1CN(C(=O)OCc2ccccc2)C1. The largest absolute Gasteiger partial charge is 0.445 e. The molecule has 3 N–H and O–H groups in total. The second-order valence-electron chi connectivity index (χ2n) is 3.81. The van der Waals surface area contributed by atoms with Gasteiger partial charge >= 0.3 is 6.09 Å². The molecule has 1 aliphatic heterocycles. The van der Waals surface area contributed by atoms with Crippen molar-refractivity contribution in [3.63, 3.8) is 0 Å². The van der Waals surface area contributed by atoms with Crippen LogP contribution in [-0.4, -0.2) is 30.1 Å². The number of nitrogens with one attached hydrogen (secondary N) is 1. The zero-order valence-electron chi connectivity index (χ0n) is 9.74. The first kappa shape index (κ1) is 17.0. The summed E-state index contributed by atoms with van der Waals surface area (Å²) in [6.07, 6.45) is -0.282. The molecular weight excluding hydrogens is 277 g/mol. The van der Waals surface area contributed by atoms with Crippen LogP contribution in [0.5, 0.6) is 0 Å². The van der Waals surface area contributed by atoms with Crippen LogP contribution in [0.3, 0.4) is 0 Å². The van der Waals surface area contributed by atoms with Crippen molar-refractivity contribution >= 4 is 30.9 Å². The van der Waals surface area contributed by atoms with Gasteiger partial charge in [0.1, 0.15) is 6.61 Å². The lowest BCUT2D eigenvalue weighted by atomic mass is 10.1. The number of carbonyl (C=O) groups is 1. The molecule has 0 aromatic heterocycles. The minimum absolute atomic E-state index is 0. The molecule has 2 rings (SSSR count). The first-order valence-electron chi connectivity index (χ1n) is 5.21. The highest BCUT2D eigenvalue weighted by molar-refractivity contribution is 5.85. The van der Waals surface area contributed by atoms with E-state index in [0.717, 1.165) is 5.56 Å². The van der Waals surface area contributed by atoms with Crippen LogP contribution >= 0.6 is 24.8 Å². The molecule has 1 aromatic carbocycles. The summed E-state index contributed by atoms with van der Waals surface area (Å²) in [5.41, 5.74) is 3.60. The molecule has 1 aromatic rings. The molecule has 5 nitrogen and oxygen atoms in total. The van der Waals surface area contributed by atoms with Gasteiger partial charge in [-0.15, -0.1) is 24.8 Å². The molecule has 0 bridgehead atoms. The van der Waals surface area contributed by atoms with Crippen molar-refractivity contribution in [2.24, 2.45) is 5.84 Å². The van der Waals surface area contributed by atoms with E-state index < -0.39 is 0 Å². The Morgan fingerprint density at radius 2 is 1.94 bits per heavy atom. The van der Waals surface area contributed by atoms with E-state index >= 15 is 0 Å². The summed E-state index contributed by atoms with van der Waals surface area (Å²) in [5, 5.41) is 0. The predicted octanol–water partition coefficient (Wildman–Crippen LogP) is 1.31. The third-order valence-electron chi connectivity index (χ3n) is 2.58. The summed E-state index contributed by atoms with van der Waals surface area (Å²) >= 11 is 0. The number of hydrazine groups is 1. The molecule has 1 saturated heterocycles. The van der Waals surface area contributed by atoms with E-state index in [1.165, 1.54) is 0 Å². The Morgan fingerprint density at radius 1 is 1.33 bits per heavy atom. The number of likely N-dealkylation sites (tertiary alicyclic amines) is 1. The summed E-state index contributed by atoms with van der Waals surface area (Å²) in [4.78, 5) is 13.1. The van der Waals surface area contributed by atoms with Crippen molar-refractivity contribution in [1.29, 1.82) is 0 Å². The fourth-order valence-corrected chi connectivity index (χ4v) is 1.54. The average molecular weight is 294 g/mol. The van der Waals surface area contributed by atoms with Crippen molar-refractivity contribution in [1.82, 2.24) is 10.3 Å². The highest BCUT2D eigenvalue weighted by Crippen LogP contribution is 2.10. The van der Waals surface area contributed by atoms with Gasteiger partial charge in [-0.05, 0) is 5.56 Å². The Bertz CT molecular complexity index is 359. The number of nitrogens with two attached hydrogens (primary N) is 1. The van der Waals surface area contributed by atoms with E-state index in [-0.39, 0.29) is 36.9 Å². The van der Waals surface area contributed by atoms with E-state index in [9.17, 15) is 4.79 Å². The quantitative estimate of drug-likeness (QED) is 0.651. The highest BCUT2D eigenvalue weighted by Gasteiger charge is 2.30. The van der Waals surface area contributed by atoms with Gasteiger partial charge in [0.2, 0.25) is 0 Å². The van der Waals surface area contributed by atoms with Gasteiger partial charge in [0.25, 0.3) is 0 Å². The van der Waals surface area contributed by atoms with E-state index in [0.29, 0.717) is 19.7 Å². The average Bonchev–Trinajstić information content (AvgIpc) is 2.26. The van der Waals surface area contributed by atoms with Crippen molar-refractivity contribution in [2.45, 2.75) is 12.6 Å². The standard InChI is InChI=1S/C11H15N3O2.2ClH/c12-13-10-6-14(7-10)11(15)16-8-9-4-2-1-3-5-9;;/h1-5,10,13H,6-8,12H2;2*1H. The van der Waals surface area contributed by atoms with Crippen LogP contribution in [-0.2, 0) is 11.3 Å². The first-order chi connectivity index (χ1) is 7.79. The third kappa shape index (κ3) is 4.34. The maximum Gasteiger partial charge on any atom is 0.410 e. The molecule has 102 valence electrons. The highest BCUT2D eigenvalue weighted by atomic mass is 35.5. The number of amides is 1. The zero-order valence-corrected chi connectivity index (χ0v) is 11.4. The zero-order chi connectivity index (χ0) is 11.4. The van der Waals surface area contributed by atoms with Gasteiger partial charge in [0.05, 0.1) is 6.04 Å². The van der Waals surface area contributed by atoms with Crippen LogP contribution in [0.1, 0.15) is 5.56 Å². The lowest BCUT2D eigenvalue weighted by Crippen LogP contribution is -2.61. The maximum atomic E-state index is 11.5. The van der Waals surface area contributed by atoms with Crippen LogP contribution in [0.2, 0.25) is 0 Å². The summed E-state index contributed by atoms with van der Waals surface area (Å²) in [6, 6.07) is 9.81. The van der Waals surface area contributed by atoms with E-state index in [1.54, 1.807) is 4.90 Å². The fourth-order valence-electron chi connectivity index (χ4n) is 1.54. The van der Waals surface area contributed by atoms with Gasteiger partial charge in [0.15, 0.2) is 0 Å². The topological polar surface area (TPSA) is 67.6 Å². The third-order valence-corrected chi connectivity index (χ3v) is 2.58. The number of ether oxygens (including phenoxy) is 1. The molecular formula is C11H17Cl2N3O2. The van der Waals surface area contributed by atoms with E-state index in [2.05, 4.69) is 5.43 Å². The second kappa shape index (κ2) is 8.16. The molecule has 0 aliphatic carbocycles. The van der Waals surface area contributed by atoms with Crippen LogP contribution < -0.4 is 11.3 Å². The molecule has 1 fully saturated rings. The molecule has 7 heteroatoms. The predicted molar refractivity (Wildman–Crippen MR) is 73.8 cm³/mol. The normalized spacial score (nSPS) is 13.9. The minimum Gasteiger partial charge on any atom is -0.445 e. The number of nitrogens with zero attached hydrogens (tertiary/aromatic N) is 1. The van der Waals surface area contributed by atoms with Gasteiger partial charge in [-0.3, -0.25) is 11.3 Å². The summed E-state index contributed by atoms with van der Waals surface area (Å²) in [6.45, 7) is 1.55. The minimum atomic E-state index is -0.282. The van der Waals surface area contributed by atoms with Gasteiger partial charge in [0, 0.05) is 13.1 Å². The van der Waals surface area contributed by atoms with Gasteiger partial charge in [-0.25, -0.2) is 4.79 Å². The lowest BCUT2D eigenvalue weighted by Gasteiger charge is -2.37. The fraction of sp³-hybridized carbons (Fsp3) is 0.364. The number of halogens is 2. The molecule has 0 unspecified atom stereocenters. The number of hydrogen-bond donors (Lipinski definition) is 2. The number of benzene rings is 1. The van der Waals surface area contributed by atoms with Crippen molar-refractivity contribution < 1.29 is 9.53 Å². The first-order valence-corrected chi connectivity index (χ1v) is 5.21. The van der Waals surface area contributed by atoms with Crippen LogP contribution in [0, 0.1) is 0 Å². The smallest absolute Gasteiger partial charge is 0.410 e. The Balaban J connectivity index is 0.00000144. The van der Waals surface area contributed by atoms with Crippen molar-refractivity contribution in [2.75, 3.05) is 13.1 Å². The Hall–Kier alpha value is -1.01. The monoisotopic (exact) mass is 293 g/mol. The molecule has 0 atom stereocenters. The van der Waals surface area contributed by atoms with Gasteiger partial charge in [-0.2, -0.15) is 0 Å². The van der Waals surface area contributed by atoms with Gasteiger partial charge in [-0.1, -0.05) is 30.3 Å². The Labute approximate surface area is 118 Å². The molecule has 1 aliphatic rings. The van der Waals surface area contributed by atoms with Gasteiger partial charge < -0.3 is 9.64 Å². The van der Waals surface area contributed by atoms with E-state index in [1.807, 2.05) is 30.3 Å². The number of rotatable bonds is 3. The molecule has 1 amide bonds. The molecule has 18 heavy (non-hydrogen) atoms. The van der Waals surface area contributed by atoms with Crippen LogP contribution in [0.15, 0.2) is 30.3 Å². The second-order valence-corrected chi connectivity index (χ2v) is 3.81. The maximum absolute atomic E-state index is 11.5. The van der Waals surface area contributed by atoms with E-state index in [4.69, 9.17) is 10.6 Å². The summed E-state index contributed by atoms with van der Waals surface area (Å²) < 4.78 is 5.14. The lowest BCUT2D eigenvalue weighted by molar-refractivity contribution is 0.0605. The molecule has 0 radical (unpaired) electrons. The van der Waals surface area contributed by atoms with Crippen molar-refractivity contribution in [3.05, 3.63) is 35.9 Å². The molecule has 0 spiro atoms. The summed E-state index contributed by atoms with van der Waals surface area (Å²) in [5.74, 6) is 5.23.